The zero-order chi connectivity index (χ0) is 28.2. The molecule has 4 aromatic carbocycles. The van der Waals surface area contributed by atoms with E-state index in [1.165, 1.54) is 62.2 Å². The van der Waals surface area contributed by atoms with Crippen molar-refractivity contribution in [3.05, 3.63) is 83.9 Å². The van der Waals surface area contributed by atoms with Crippen LogP contribution in [0.2, 0.25) is 0 Å². The Kier molecular flexibility index (Phi) is 5.33. The van der Waals surface area contributed by atoms with Gasteiger partial charge in [0.25, 0.3) is 0 Å². The monoisotopic (exact) mass is 529 g/mol. The zero-order valence-corrected chi connectivity index (χ0v) is 25.2. The van der Waals surface area contributed by atoms with Gasteiger partial charge in [-0.3, -0.25) is 0 Å². The average molecular weight is 530 g/mol. The lowest BCUT2D eigenvalue weighted by Crippen LogP contribution is -2.41. The number of fused-ring (bicyclic) bond motifs is 6. The largest absolute Gasteiger partial charge is 0.494 e. The molecule has 1 aliphatic carbocycles. The van der Waals surface area contributed by atoms with Gasteiger partial charge in [0.05, 0.1) is 27.9 Å². The SMILES string of the molecule is CC1(C)CCC(C)(C)c2c(-n3c4ccc(B5OC(C)(C)C(C)(C)O5)cc4c4c5ccccc5ccc43)cccc21. The Morgan fingerprint density at radius 1 is 0.650 bits per heavy atom. The summed E-state index contributed by atoms with van der Waals surface area (Å²) in [6.07, 6.45) is 2.38. The van der Waals surface area contributed by atoms with Crippen molar-refractivity contribution >= 4 is 45.2 Å². The van der Waals surface area contributed by atoms with Crippen LogP contribution in [0.3, 0.4) is 0 Å². The molecular weight excluding hydrogens is 489 g/mol. The fourth-order valence-corrected chi connectivity index (χ4v) is 7.08. The van der Waals surface area contributed by atoms with E-state index >= 15 is 0 Å². The predicted molar refractivity (Wildman–Crippen MR) is 169 cm³/mol. The van der Waals surface area contributed by atoms with Gasteiger partial charge in [-0.05, 0) is 96.9 Å². The first kappa shape index (κ1) is 25.9. The van der Waals surface area contributed by atoms with E-state index in [9.17, 15) is 0 Å². The minimum absolute atomic E-state index is 0.0871. The van der Waals surface area contributed by atoms with E-state index in [-0.39, 0.29) is 22.0 Å². The van der Waals surface area contributed by atoms with Gasteiger partial charge in [-0.2, -0.15) is 0 Å². The second-order valence-electron chi connectivity index (χ2n) is 14.3. The van der Waals surface area contributed by atoms with Crippen LogP contribution in [0.4, 0.5) is 0 Å². The number of hydrogen-bond acceptors (Lipinski definition) is 2. The fourth-order valence-electron chi connectivity index (χ4n) is 7.08. The van der Waals surface area contributed by atoms with Gasteiger partial charge in [-0.25, -0.2) is 0 Å². The molecule has 0 unspecified atom stereocenters. The smallest absolute Gasteiger partial charge is 0.399 e. The van der Waals surface area contributed by atoms with Crippen LogP contribution in [-0.4, -0.2) is 22.9 Å². The van der Waals surface area contributed by atoms with E-state index in [2.05, 4.69) is 133 Å². The molecular formula is C36H40BNO2. The standard InChI is InChI=1S/C36H40BNO2/c1-33(2)20-21-34(3,4)32-27(33)14-11-15-30(32)38-28-19-17-24(37-39-35(5,6)36(7,8)40-37)22-26(28)31-25-13-10-9-12-23(25)16-18-29(31)38/h9-19,22H,20-21H2,1-8H3. The molecule has 204 valence electrons. The Bertz CT molecular complexity index is 1810. The summed E-state index contributed by atoms with van der Waals surface area (Å²) >= 11 is 0. The van der Waals surface area contributed by atoms with E-state index in [0.29, 0.717) is 0 Å². The molecule has 7 rings (SSSR count). The van der Waals surface area contributed by atoms with Crippen molar-refractivity contribution in [2.24, 2.45) is 0 Å². The number of benzene rings is 4. The van der Waals surface area contributed by atoms with Crippen molar-refractivity contribution in [3.8, 4) is 5.69 Å². The van der Waals surface area contributed by atoms with Crippen molar-refractivity contribution in [1.29, 1.82) is 0 Å². The molecule has 40 heavy (non-hydrogen) atoms. The normalized spacial score (nSPS) is 20.9. The van der Waals surface area contributed by atoms with E-state index in [1.54, 1.807) is 0 Å². The van der Waals surface area contributed by atoms with Crippen LogP contribution in [-0.2, 0) is 20.1 Å². The van der Waals surface area contributed by atoms with Crippen LogP contribution in [0, 0.1) is 0 Å². The Morgan fingerprint density at radius 2 is 1.32 bits per heavy atom. The van der Waals surface area contributed by atoms with Gasteiger partial charge in [0.2, 0.25) is 0 Å². The molecule has 1 aliphatic heterocycles. The van der Waals surface area contributed by atoms with E-state index in [0.717, 1.165) is 5.46 Å². The third-order valence-corrected chi connectivity index (χ3v) is 10.3. The first-order chi connectivity index (χ1) is 18.8. The highest BCUT2D eigenvalue weighted by atomic mass is 16.7. The van der Waals surface area contributed by atoms with Gasteiger partial charge >= 0.3 is 7.12 Å². The maximum absolute atomic E-state index is 6.49. The van der Waals surface area contributed by atoms with E-state index in [1.807, 2.05) is 0 Å². The molecule has 0 atom stereocenters. The Balaban J connectivity index is 1.56. The summed E-state index contributed by atoms with van der Waals surface area (Å²) < 4.78 is 15.5. The molecule has 1 fully saturated rings. The summed E-state index contributed by atoms with van der Waals surface area (Å²) in [4.78, 5) is 0. The Labute approximate surface area is 238 Å². The van der Waals surface area contributed by atoms with Crippen LogP contribution < -0.4 is 5.46 Å². The Hall–Kier alpha value is -3.08. The third kappa shape index (κ3) is 3.58. The molecule has 2 aliphatic rings. The lowest BCUT2D eigenvalue weighted by Gasteiger charge is -2.43. The number of hydrogen-bond donors (Lipinski definition) is 0. The van der Waals surface area contributed by atoms with Crippen molar-refractivity contribution in [2.75, 3.05) is 0 Å². The summed E-state index contributed by atoms with van der Waals surface area (Å²) in [7, 11) is -0.396. The molecule has 1 saturated heterocycles. The highest BCUT2D eigenvalue weighted by Gasteiger charge is 2.51. The fraction of sp³-hybridized carbons (Fsp3) is 0.389. The topological polar surface area (TPSA) is 23.4 Å². The van der Waals surface area contributed by atoms with Crippen LogP contribution >= 0.6 is 0 Å². The number of nitrogens with zero attached hydrogens (tertiary/aromatic N) is 1. The molecule has 3 nitrogen and oxygen atoms in total. The second-order valence-corrected chi connectivity index (χ2v) is 14.3. The predicted octanol–water partition coefficient (Wildman–Crippen LogP) is 8.59. The molecule has 5 aromatic rings. The second kappa shape index (κ2) is 8.24. The molecule has 4 heteroatoms. The molecule has 1 aromatic heterocycles. The van der Waals surface area contributed by atoms with Crippen molar-refractivity contribution in [3.63, 3.8) is 0 Å². The van der Waals surface area contributed by atoms with Crippen molar-refractivity contribution in [1.82, 2.24) is 4.57 Å². The maximum atomic E-state index is 6.49. The van der Waals surface area contributed by atoms with Gasteiger partial charge in [0, 0.05) is 10.8 Å². The van der Waals surface area contributed by atoms with Gasteiger partial charge in [-0.1, -0.05) is 82.3 Å². The van der Waals surface area contributed by atoms with Crippen molar-refractivity contribution in [2.45, 2.75) is 90.3 Å². The first-order valence-electron chi connectivity index (χ1n) is 14.8. The van der Waals surface area contributed by atoms with Crippen molar-refractivity contribution < 1.29 is 9.31 Å². The van der Waals surface area contributed by atoms with Gasteiger partial charge in [0.1, 0.15) is 0 Å². The maximum Gasteiger partial charge on any atom is 0.494 e. The molecule has 0 bridgehead atoms. The van der Waals surface area contributed by atoms with Crippen LogP contribution in [0.5, 0.6) is 0 Å². The van der Waals surface area contributed by atoms with Crippen LogP contribution in [0.25, 0.3) is 38.3 Å². The molecule has 2 heterocycles. The summed E-state index contributed by atoms with van der Waals surface area (Å²) in [6.45, 7) is 18.1. The van der Waals surface area contributed by atoms with Crippen LogP contribution in [0.15, 0.2) is 72.8 Å². The van der Waals surface area contributed by atoms with E-state index < -0.39 is 7.12 Å². The molecule has 0 spiro atoms. The summed E-state index contributed by atoms with van der Waals surface area (Å²) in [6, 6.07) is 27.1. The highest BCUT2D eigenvalue weighted by molar-refractivity contribution is 6.62. The number of aromatic nitrogens is 1. The summed E-state index contributed by atoms with van der Waals surface area (Å²) in [5.41, 5.74) is 7.26. The van der Waals surface area contributed by atoms with Gasteiger partial charge in [-0.15, -0.1) is 0 Å². The summed E-state index contributed by atoms with van der Waals surface area (Å²) in [5.74, 6) is 0. The quantitative estimate of drug-likeness (QED) is 0.214. The number of rotatable bonds is 2. The first-order valence-corrected chi connectivity index (χ1v) is 14.8. The van der Waals surface area contributed by atoms with Gasteiger partial charge < -0.3 is 13.9 Å². The van der Waals surface area contributed by atoms with E-state index in [4.69, 9.17) is 9.31 Å². The molecule has 0 amide bonds. The molecule has 0 N–H and O–H groups in total. The molecule has 0 saturated carbocycles. The Morgan fingerprint density at radius 3 is 2.08 bits per heavy atom. The minimum Gasteiger partial charge on any atom is -0.399 e. The van der Waals surface area contributed by atoms with Crippen LogP contribution in [0.1, 0.15) is 79.4 Å². The lowest BCUT2D eigenvalue weighted by atomic mass is 9.62. The lowest BCUT2D eigenvalue weighted by molar-refractivity contribution is 0.00578. The zero-order valence-electron chi connectivity index (χ0n) is 25.2. The van der Waals surface area contributed by atoms with Gasteiger partial charge in [0.15, 0.2) is 0 Å². The third-order valence-electron chi connectivity index (χ3n) is 10.3. The minimum atomic E-state index is -0.396. The summed E-state index contributed by atoms with van der Waals surface area (Å²) in [5, 5.41) is 5.06. The average Bonchev–Trinajstić information content (AvgIpc) is 3.35. The molecule has 0 radical (unpaired) electrons. The highest BCUT2D eigenvalue weighted by Crippen LogP contribution is 2.49.